The number of rotatable bonds is 8. The maximum Gasteiger partial charge on any atom is 0.0864 e. The van der Waals surface area contributed by atoms with Gasteiger partial charge in [0.1, 0.15) is 0 Å². The van der Waals surface area contributed by atoms with Crippen LogP contribution >= 0.6 is 11.6 Å². The topological polar surface area (TPSA) is 37.6 Å². The number of benzene rings is 2. The number of pyridine rings is 1. The van der Waals surface area contributed by atoms with E-state index < -0.39 is 0 Å². The summed E-state index contributed by atoms with van der Waals surface area (Å²) in [5, 5.41) is 0.631. The van der Waals surface area contributed by atoms with Crippen LogP contribution in [0.1, 0.15) is 127 Å². The largest absolute Gasteiger partial charge is 1.00 e. The van der Waals surface area contributed by atoms with E-state index in [1.807, 2.05) is 26.0 Å². The summed E-state index contributed by atoms with van der Waals surface area (Å²) in [6.07, 6.45) is 0. The fourth-order valence-electron chi connectivity index (χ4n) is 4.60. The normalized spacial score (nSPS) is 11.7. The number of aromatic nitrogens is 1. The van der Waals surface area contributed by atoms with E-state index >= 15 is 0 Å². The van der Waals surface area contributed by atoms with E-state index in [1.165, 1.54) is 22.3 Å². The molecule has 1 aromatic heterocycles. The second kappa shape index (κ2) is 18.4. The first-order chi connectivity index (χ1) is 17.4. The summed E-state index contributed by atoms with van der Waals surface area (Å²) >= 11 is 6.62. The van der Waals surface area contributed by atoms with Gasteiger partial charge in [0, 0.05) is 23.6 Å². The van der Waals surface area contributed by atoms with Crippen molar-refractivity contribution in [3.05, 3.63) is 87.2 Å². The van der Waals surface area contributed by atoms with Crippen LogP contribution in [0, 0.1) is 0 Å². The molecule has 0 aliphatic carbocycles. The van der Waals surface area contributed by atoms with Gasteiger partial charge < -0.3 is 37.2 Å². The van der Waals surface area contributed by atoms with Gasteiger partial charge in [-0.2, -0.15) is 0 Å². The number of para-hydroxylation sites is 2. The molecular weight excluding hydrogens is 631 g/mol. The van der Waals surface area contributed by atoms with E-state index in [-0.39, 0.29) is 55.8 Å². The van der Waals surface area contributed by atoms with Crippen molar-refractivity contribution in [1.29, 1.82) is 0 Å². The Balaban J connectivity index is 0. The van der Waals surface area contributed by atoms with E-state index in [0.717, 1.165) is 34.2 Å². The molecule has 0 saturated heterocycles. The fraction of sp³-hybridized carbons (Fsp3) is 0.424. The minimum absolute atomic E-state index is 0. The van der Waals surface area contributed by atoms with Crippen molar-refractivity contribution >= 4 is 34.4 Å². The zero-order chi connectivity index (χ0) is 27.4. The summed E-state index contributed by atoms with van der Waals surface area (Å²) < 4.78 is 0. The third-order valence-corrected chi connectivity index (χ3v) is 6.99. The Kier molecular flexibility index (Phi) is 18.7. The molecule has 0 bridgehead atoms. The minimum Gasteiger partial charge on any atom is -1.00 e. The van der Waals surface area contributed by atoms with Crippen molar-refractivity contribution < 1.29 is 55.8 Å². The minimum atomic E-state index is 0. The van der Waals surface area contributed by atoms with Crippen LogP contribution < -0.4 is 37.2 Å². The zero-order valence-corrected chi connectivity index (χ0v) is 30.1. The van der Waals surface area contributed by atoms with E-state index in [4.69, 9.17) is 26.6 Å². The molecule has 0 fully saturated rings. The molecule has 41 heavy (non-hydrogen) atoms. The summed E-state index contributed by atoms with van der Waals surface area (Å²) in [4.78, 5) is 15.2. The molecule has 3 aromatic rings. The van der Waals surface area contributed by atoms with Gasteiger partial charge in [0.2, 0.25) is 0 Å². The molecule has 3 rings (SSSR count). The van der Waals surface area contributed by atoms with Gasteiger partial charge in [0.25, 0.3) is 0 Å². The molecule has 0 saturated carbocycles. The van der Waals surface area contributed by atoms with Crippen molar-refractivity contribution in [1.82, 2.24) is 4.98 Å². The standard InChI is InChI=1S/C33H42ClN3.3ClH.V/c1-19(2)26-13-11-14-27(20(3)4)32(26)35-23(9)30-17-25(34)18-31(37-30)24(10)36-33-28(21(5)6)15-12-16-29(33)22(7)8;;;;/h11-22H,1-10H3;3*1H;/p-3. The van der Waals surface area contributed by atoms with Crippen molar-refractivity contribution in [2.24, 2.45) is 9.98 Å². The SMILES string of the molecule is CC(=Nc1c(C(C)C)cccc1C(C)C)c1cc(Cl)cc(C(C)=Nc2c(C(C)C)cccc2C(C)C)n1.[Cl-].[Cl-].[Cl-].[V]. The number of hydrogen-bond donors (Lipinski definition) is 0. The summed E-state index contributed by atoms with van der Waals surface area (Å²) in [5.74, 6) is 1.50. The first kappa shape index (κ1) is 41.8. The third-order valence-electron chi connectivity index (χ3n) is 6.78. The quantitative estimate of drug-likeness (QED) is 0.335. The summed E-state index contributed by atoms with van der Waals surface area (Å²) in [5.41, 5.74) is 10.3. The Labute approximate surface area is 283 Å². The molecular formula is C33H42Cl4N3V-3. The van der Waals surface area contributed by atoms with Crippen LogP contribution in [0.25, 0.3) is 0 Å². The first-order valence-corrected chi connectivity index (χ1v) is 13.8. The van der Waals surface area contributed by atoms with Gasteiger partial charge in [-0.05, 0) is 71.9 Å². The van der Waals surface area contributed by atoms with E-state index in [0.29, 0.717) is 28.7 Å². The number of hydrogen-bond acceptors (Lipinski definition) is 3. The zero-order valence-electron chi connectivity index (χ0n) is 25.7. The van der Waals surface area contributed by atoms with Crippen LogP contribution in [-0.2, 0) is 18.6 Å². The third kappa shape index (κ3) is 10.4. The maximum absolute atomic E-state index is 6.62. The molecule has 2 aromatic carbocycles. The predicted octanol–water partition coefficient (Wildman–Crippen LogP) is 1.52. The molecule has 3 nitrogen and oxygen atoms in total. The fourth-order valence-corrected chi connectivity index (χ4v) is 4.81. The molecule has 1 radical (unpaired) electrons. The molecule has 225 valence electrons. The van der Waals surface area contributed by atoms with Crippen LogP contribution in [0.15, 0.2) is 58.5 Å². The van der Waals surface area contributed by atoms with E-state index in [2.05, 4.69) is 91.8 Å². The Morgan fingerprint density at radius 3 is 1.10 bits per heavy atom. The summed E-state index contributed by atoms with van der Waals surface area (Å²) in [7, 11) is 0. The first-order valence-electron chi connectivity index (χ1n) is 13.4. The molecule has 0 amide bonds. The predicted molar refractivity (Wildman–Crippen MR) is 162 cm³/mol. The summed E-state index contributed by atoms with van der Waals surface area (Å²) in [6, 6.07) is 16.8. The number of halogens is 4. The molecule has 0 aliphatic heterocycles. The Morgan fingerprint density at radius 1 is 0.585 bits per heavy atom. The Bertz CT molecular complexity index is 1180. The smallest absolute Gasteiger partial charge is 0.0864 e. The average Bonchev–Trinajstić information content (AvgIpc) is 2.83. The average molecular weight is 673 g/mol. The van der Waals surface area contributed by atoms with E-state index in [1.54, 1.807) is 0 Å². The van der Waals surface area contributed by atoms with Crippen LogP contribution in [0.4, 0.5) is 11.4 Å². The van der Waals surface area contributed by atoms with Crippen LogP contribution in [0.2, 0.25) is 5.02 Å². The Hall–Kier alpha value is -1.33. The monoisotopic (exact) mass is 671 g/mol. The molecule has 0 spiro atoms. The second-order valence-electron chi connectivity index (χ2n) is 11.1. The molecule has 0 N–H and O–H groups in total. The number of nitrogens with zero attached hydrogens (tertiary/aromatic N) is 3. The number of aliphatic imine (C=N–C) groups is 2. The Morgan fingerprint density at radius 2 is 0.854 bits per heavy atom. The van der Waals surface area contributed by atoms with E-state index in [9.17, 15) is 0 Å². The van der Waals surface area contributed by atoms with Gasteiger partial charge in [0.05, 0.1) is 34.2 Å². The van der Waals surface area contributed by atoms with Crippen LogP contribution in [0.3, 0.4) is 0 Å². The second-order valence-corrected chi connectivity index (χ2v) is 11.6. The van der Waals surface area contributed by atoms with Crippen molar-refractivity contribution in [2.45, 2.75) is 92.9 Å². The molecule has 1 heterocycles. The van der Waals surface area contributed by atoms with Gasteiger partial charge in [-0.1, -0.05) is 103 Å². The van der Waals surface area contributed by atoms with Gasteiger partial charge in [-0.15, -0.1) is 0 Å². The van der Waals surface area contributed by atoms with Gasteiger partial charge >= 0.3 is 0 Å². The molecule has 0 unspecified atom stereocenters. The molecule has 8 heteroatoms. The van der Waals surface area contributed by atoms with Crippen LogP contribution in [0.5, 0.6) is 0 Å². The van der Waals surface area contributed by atoms with Crippen molar-refractivity contribution in [3.8, 4) is 0 Å². The molecule has 0 atom stereocenters. The van der Waals surface area contributed by atoms with Crippen molar-refractivity contribution in [2.75, 3.05) is 0 Å². The van der Waals surface area contributed by atoms with Gasteiger partial charge in [0.15, 0.2) is 0 Å². The summed E-state index contributed by atoms with van der Waals surface area (Å²) in [6.45, 7) is 21.7. The molecule has 0 aliphatic rings. The van der Waals surface area contributed by atoms with Gasteiger partial charge in [-0.25, -0.2) is 4.98 Å². The van der Waals surface area contributed by atoms with Crippen molar-refractivity contribution in [3.63, 3.8) is 0 Å². The van der Waals surface area contributed by atoms with Gasteiger partial charge in [-0.3, -0.25) is 9.98 Å². The maximum atomic E-state index is 6.62. The van der Waals surface area contributed by atoms with Crippen LogP contribution in [-0.4, -0.2) is 16.4 Å².